The van der Waals surface area contributed by atoms with Crippen molar-refractivity contribution in [3.8, 4) is 0 Å². The predicted molar refractivity (Wildman–Crippen MR) is 116 cm³/mol. The van der Waals surface area contributed by atoms with E-state index in [1.54, 1.807) is 25.1 Å². The van der Waals surface area contributed by atoms with Crippen molar-refractivity contribution in [2.45, 2.75) is 18.7 Å². The normalized spacial score (nSPS) is 11.5. The van der Waals surface area contributed by atoms with Crippen LogP contribution in [0.15, 0.2) is 42.5 Å². The van der Waals surface area contributed by atoms with Crippen molar-refractivity contribution in [1.82, 2.24) is 5.32 Å². The number of esters is 1. The molecule has 0 aliphatic heterocycles. The molecule has 1 unspecified atom stereocenters. The van der Waals surface area contributed by atoms with Crippen molar-refractivity contribution in [3.63, 3.8) is 0 Å². The van der Waals surface area contributed by atoms with Crippen LogP contribution in [0, 0.1) is 5.82 Å². The first-order chi connectivity index (χ1) is 14.2. The number of amides is 2. The predicted octanol–water partition coefficient (Wildman–Crippen LogP) is 4.05. The van der Waals surface area contributed by atoms with E-state index in [1.807, 2.05) is 0 Å². The lowest BCUT2D eigenvalue weighted by Gasteiger charge is -2.12. The van der Waals surface area contributed by atoms with Crippen molar-refractivity contribution < 1.29 is 23.5 Å². The van der Waals surface area contributed by atoms with E-state index in [2.05, 4.69) is 10.6 Å². The number of hydrogen-bond acceptors (Lipinski definition) is 5. The van der Waals surface area contributed by atoms with E-state index >= 15 is 0 Å². The molecule has 0 aromatic heterocycles. The number of benzene rings is 2. The maximum absolute atomic E-state index is 12.9. The molecule has 0 saturated heterocycles. The summed E-state index contributed by atoms with van der Waals surface area (Å²) in [6, 6.07) is 10.2. The molecule has 0 bridgehead atoms. The highest BCUT2D eigenvalue weighted by Crippen LogP contribution is 2.20. The highest BCUT2D eigenvalue weighted by atomic mass is 35.5. The molecule has 1 atom stereocenters. The van der Waals surface area contributed by atoms with Crippen molar-refractivity contribution in [3.05, 3.63) is 63.9 Å². The molecule has 0 heterocycles. The fourth-order valence-corrected chi connectivity index (χ4v) is 3.32. The van der Waals surface area contributed by atoms with E-state index in [1.165, 1.54) is 24.3 Å². The zero-order chi connectivity index (χ0) is 22.1. The van der Waals surface area contributed by atoms with Crippen LogP contribution >= 0.6 is 35.0 Å². The minimum absolute atomic E-state index is 0.00505. The SMILES string of the molecule is CC(SCC(=O)Nc1ccc(F)cc1)C(=O)OCC(=O)NCc1ccc(Cl)cc1Cl. The number of halogens is 3. The summed E-state index contributed by atoms with van der Waals surface area (Å²) in [4.78, 5) is 35.7. The lowest BCUT2D eigenvalue weighted by atomic mass is 10.2. The Morgan fingerprint density at radius 3 is 2.47 bits per heavy atom. The largest absolute Gasteiger partial charge is 0.455 e. The molecule has 160 valence electrons. The van der Waals surface area contributed by atoms with Gasteiger partial charge in [0.05, 0.1) is 5.75 Å². The number of anilines is 1. The van der Waals surface area contributed by atoms with E-state index in [9.17, 15) is 18.8 Å². The molecule has 2 aromatic rings. The number of rotatable bonds is 9. The summed E-state index contributed by atoms with van der Waals surface area (Å²) in [5.41, 5.74) is 1.13. The van der Waals surface area contributed by atoms with Gasteiger partial charge in [0.2, 0.25) is 5.91 Å². The Hall–Kier alpha value is -2.29. The second kappa shape index (κ2) is 11.8. The van der Waals surface area contributed by atoms with Crippen LogP contribution in [0.5, 0.6) is 0 Å². The molecular weight excluding hydrogens is 454 g/mol. The van der Waals surface area contributed by atoms with Crippen molar-refractivity contribution >= 4 is 58.4 Å². The summed E-state index contributed by atoms with van der Waals surface area (Å²) >= 11 is 12.9. The van der Waals surface area contributed by atoms with Crippen LogP contribution in [-0.4, -0.2) is 35.4 Å². The molecule has 2 amide bonds. The second-order valence-corrected chi connectivity index (χ2v) is 8.30. The van der Waals surface area contributed by atoms with Gasteiger partial charge in [-0.2, -0.15) is 0 Å². The first-order valence-electron chi connectivity index (χ1n) is 8.79. The summed E-state index contributed by atoms with van der Waals surface area (Å²) in [5.74, 6) is -1.85. The van der Waals surface area contributed by atoms with Crippen LogP contribution in [-0.2, 0) is 25.7 Å². The first kappa shape index (κ1) is 24.0. The lowest BCUT2D eigenvalue weighted by molar-refractivity contribution is -0.147. The highest BCUT2D eigenvalue weighted by molar-refractivity contribution is 8.01. The Kier molecular flexibility index (Phi) is 9.42. The van der Waals surface area contributed by atoms with Crippen LogP contribution in [0.1, 0.15) is 12.5 Å². The summed E-state index contributed by atoms with van der Waals surface area (Å²) in [5, 5.41) is 5.44. The minimum atomic E-state index is -0.650. The molecule has 2 aromatic carbocycles. The van der Waals surface area contributed by atoms with Gasteiger partial charge in [-0.3, -0.25) is 14.4 Å². The van der Waals surface area contributed by atoms with Gasteiger partial charge in [0.25, 0.3) is 5.91 Å². The molecule has 30 heavy (non-hydrogen) atoms. The number of hydrogen-bond donors (Lipinski definition) is 2. The van der Waals surface area contributed by atoms with Gasteiger partial charge in [-0.15, -0.1) is 11.8 Å². The second-order valence-electron chi connectivity index (χ2n) is 6.13. The Morgan fingerprint density at radius 2 is 1.80 bits per heavy atom. The smallest absolute Gasteiger partial charge is 0.319 e. The summed E-state index contributed by atoms with van der Waals surface area (Å²) in [6.07, 6.45) is 0. The van der Waals surface area contributed by atoms with Crippen molar-refractivity contribution in [2.75, 3.05) is 17.7 Å². The Labute approximate surface area is 187 Å². The summed E-state index contributed by atoms with van der Waals surface area (Å²) in [6.45, 7) is 1.29. The summed E-state index contributed by atoms with van der Waals surface area (Å²) in [7, 11) is 0. The number of carbonyl (C=O) groups is 3. The van der Waals surface area contributed by atoms with Gasteiger partial charge in [0, 0.05) is 22.3 Å². The average molecular weight is 473 g/mol. The van der Waals surface area contributed by atoms with Crippen molar-refractivity contribution in [1.29, 1.82) is 0 Å². The summed E-state index contributed by atoms with van der Waals surface area (Å²) < 4.78 is 17.8. The number of nitrogens with one attached hydrogen (secondary N) is 2. The van der Waals surface area contributed by atoms with Gasteiger partial charge in [-0.1, -0.05) is 29.3 Å². The molecule has 0 radical (unpaired) electrons. The maximum atomic E-state index is 12.9. The van der Waals surface area contributed by atoms with Crippen LogP contribution in [0.3, 0.4) is 0 Å². The fraction of sp³-hybridized carbons (Fsp3) is 0.250. The molecule has 0 fully saturated rings. The number of thioether (sulfide) groups is 1. The third-order valence-electron chi connectivity index (χ3n) is 3.76. The van der Waals surface area contributed by atoms with Gasteiger partial charge >= 0.3 is 5.97 Å². The molecule has 6 nitrogen and oxygen atoms in total. The number of ether oxygens (including phenoxy) is 1. The van der Waals surface area contributed by atoms with E-state index in [0.29, 0.717) is 21.3 Å². The third-order valence-corrected chi connectivity index (χ3v) is 5.47. The highest BCUT2D eigenvalue weighted by Gasteiger charge is 2.18. The number of carbonyl (C=O) groups excluding carboxylic acids is 3. The maximum Gasteiger partial charge on any atom is 0.319 e. The molecule has 0 spiro atoms. The van der Waals surface area contributed by atoms with Crippen LogP contribution in [0.2, 0.25) is 10.0 Å². The van der Waals surface area contributed by atoms with Gasteiger partial charge in [0.15, 0.2) is 6.61 Å². The van der Waals surface area contributed by atoms with Gasteiger partial charge in [0.1, 0.15) is 11.1 Å². The lowest BCUT2D eigenvalue weighted by Crippen LogP contribution is -2.30. The van der Waals surface area contributed by atoms with Crippen LogP contribution in [0.4, 0.5) is 10.1 Å². The monoisotopic (exact) mass is 472 g/mol. The van der Waals surface area contributed by atoms with E-state index in [-0.39, 0.29) is 18.2 Å². The third kappa shape index (κ3) is 8.22. The van der Waals surface area contributed by atoms with Crippen LogP contribution < -0.4 is 10.6 Å². The Morgan fingerprint density at radius 1 is 1.10 bits per heavy atom. The van der Waals surface area contributed by atoms with E-state index in [4.69, 9.17) is 27.9 Å². The average Bonchev–Trinajstić information content (AvgIpc) is 2.71. The Bertz CT molecular complexity index is 912. The zero-order valence-corrected chi connectivity index (χ0v) is 18.2. The standard InChI is InChI=1S/C20H19Cl2FN2O4S/c1-12(30-11-19(27)25-16-6-4-15(23)5-7-16)20(28)29-10-18(26)24-9-13-2-3-14(21)8-17(13)22/h2-8,12H,9-11H2,1H3,(H,24,26)(H,25,27). The minimum Gasteiger partial charge on any atom is -0.455 e. The molecule has 0 saturated carbocycles. The van der Waals surface area contributed by atoms with E-state index in [0.717, 1.165) is 11.8 Å². The molecule has 2 N–H and O–H groups in total. The molecule has 2 rings (SSSR count). The van der Waals surface area contributed by atoms with Gasteiger partial charge in [-0.05, 0) is 48.9 Å². The molecule has 10 heteroatoms. The van der Waals surface area contributed by atoms with Gasteiger partial charge in [-0.25, -0.2) is 4.39 Å². The Balaban J connectivity index is 1.67. The van der Waals surface area contributed by atoms with Gasteiger partial charge < -0.3 is 15.4 Å². The topological polar surface area (TPSA) is 84.5 Å². The fourth-order valence-electron chi connectivity index (χ4n) is 2.16. The van der Waals surface area contributed by atoms with Crippen molar-refractivity contribution in [2.24, 2.45) is 0 Å². The van der Waals surface area contributed by atoms with E-state index < -0.39 is 29.6 Å². The van der Waals surface area contributed by atoms with Crippen LogP contribution in [0.25, 0.3) is 0 Å². The molecule has 0 aliphatic rings. The molecular formula is C20H19Cl2FN2O4S. The molecule has 0 aliphatic carbocycles. The first-order valence-corrected chi connectivity index (χ1v) is 10.6. The zero-order valence-electron chi connectivity index (χ0n) is 15.9. The quantitative estimate of drug-likeness (QED) is 0.537.